The number of nitrogens with two attached hydrogens (primary N) is 1. The van der Waals surface area contributed by atoms with E-state index < -0.39 is 0 Å². The lowest BCUT2D eigenvalue weighted by atomic mass is 10.1. The number of aryl methyl sites for hydroxylation is 1. The molecule has 4 N–H and O–H groups in total. The van der Waals surface area contributed by atoms with Crippen molar-refractivity contribution in [1.29, 1.82) is 0 Å². The summed E-state index contributed by atoms with van der Waals surface area (Å²) in [4.78, 5) is 12.2. The number of nitrogen functional groups attached to an aromatic ring is 1. The third-order valence-electron chi connectivity index (χ3n) is 3.12. The van der Waals surface area contributed by atoms with Gasteiger partial charge in [0.1, 0.15) is 11.6 Å². The van der Waals surface area contributed by atoms with Gasteiger partial charge in [0.15, 0.2) is 5.65 Å². The summed E-state index contributed by atoms with van der Waals surface area (Å²) in [5.74, 6) is 1.59. The molecular weight excluding hydrogens is 238 g/mol. The minimum atomic E-state index is 0.698. The second kappa shape index (κ2) is 4.28. The van der Waals surface area contributed by atoms with Crippen molar-refractivity contribution in [2.24, 2.45) is 0 Å². The van der Waals surface area contributed by atoms with E-state index in [-0.39, 0.29) is 0 Å². The fourth-order valence-corrected chi connectivity index (χ4v) is 2.05. The van der Waals surface area contributed by atoms with E-state index in [1.54, 1.807) is 0 Å². The highest BCUT2D eigenvalue weighted by atomic mass is 15.0. The number of rotatable bonds is 2. The Bertz CT molecular complexity index is 745. The zero-order valence-electron chi connectivity index (χ0n) is 10.9. The molecule has 1 aromatic carbocycles. The summed E-state index contributed by atoms with van der Waals surface area (Å²) in [6, 6.07) is 9.68. The molecule has 5 nitrogen and oxygen atoms in total. The molecule has 0 spiro atoms. The normalized spacial score (nSPS) is 10.8. The summed E-state index contributed by atoms with van der Waals surface area (Å²) >= 11 is 0. The second-order valence-electron chi connectivity index (χ2n) is 4.48. The number of pyridine rings is 1. The smallest absolute Gasteiger partial charge is 0.180 e. The maximum absolute atomic E-state index is 5.84. The van der Waals surface area contributed by atoms with Gasteiger partial charge in [-0.2, -0.15) is 0 Å². The van der Waals surface area contributed by atoms with Crippen molar-refractivity contribution in [3.05, 3.63) is 35.9 Å². The van der Waals surface area contributed by atoms with Crippen LogP contribution in [0.5, 0.6) is 0 Å². The summed E-state index contributed by atoms with van der Waals surface area (Å²) in [6.45, 7) is 2.04. The Morgan fingerprint density at radius 1 is 1.16 bits per heavy atom. The number of hydrogen-bond donors (Lipinski definition) is 3. The second-order valence-corrected chi connectivity index (χ2v) is 4.48. The quantitative estimate of drug-likeness (QED) is 0.613. The highest BCUT2D eigenvalue weighted by molar-refractivity contribution is 5.79. The lowest BCUT2D eigenvalue weighted by molar-refractivity contribution is 1.27. The largest absolute Gasteiger partial charge is 0.399 e. The van der Waals surface area contributed by atoms with Gasteiger partial charge in [0.05, 0.1) is 5.52 Å². The van der Waals surface area contributed by atoms with Gasteiger partial charge in [0.2, 0.25) is 0 Å². The van der Waals surface area contributed by atoms with Crippen LogP contribution in [0.3, 0.4) is 0 Å². The summed E-state index contributed by atoms with van der Waals surface area (Å²) in [7, 11) is 1.84. The molecule has 0 fully saturated rings. The van der Waals surface area contributed by atoms with E-state index in [9.17, 15) is 0 Å². The Labute approximate surface area is 110 Å². The summed E-state index contributed by atoms with van der Waals surface area (Å²) < 4.78 is 0. The topological polar surface area (TPSA) is 79.6 Å². The third-order valence-corrected chi connectivity index (χ3v) is 3.12. The van der Waals surface area contributed by atoms with Crippen LogP contribution in [0.25, 0.3) is 22.6 Å². The van der Waals surface area contributed by atoms with Gasteiger partial charge in [0.25, 0.3) is 0 Å². The first kappa shape index (κ1) is 11.5. The number of nitrogens with zero attached hydrogens (tertiary/aromatic N) is 2. The Hall–Kier alpha value is -2.56. The van der Waals surface area contributed by atoms with Crippen molar-refractivity contribution < 1.29 is 0 Å². The molecule has 96 valence electrons. The standard InChI is InChI=1S/C14H15N5/c1-8-3-4-9(15)7-10(8)13-17-11-5-6-12(16-2)18-14(11)19-13/h3-7H,15H2,1-2H3,(H2,16,17,18,19). The van der Waals surface area contributed by atoms with Gasteiger partial charge in [0, 0.05) is 18.3 Å². The van der Waals surface area contributed by atoms with Crippen molar-refractivity contribution in [3.63, 3.8) is 0 Å². The van der Waals surface area contributed by atoms with Gasteiger partial charge in [-0.1, -0.05) is 6.07 Å². The van der Waals surface area contributed by atoms with Crippen LogP contribution in [0.4, 0.5) is 11.5 Å². The van der Waals surface area contributed by atoms with Crippen molar-refractivity contribution in [2.75, 3.05) is 18.1 Å². The number of imidazole rings is 1. The molecule has 5 heteroatoms. The first-order valence-corrected chi connectivity index (χ1v) is 6.08. The van der Waals surface area contributed by atoms with E-state index in [2.05, 4.69) is 20.3 Å². The van der Waals surface area contributed by atoms with Crippen LogP contribution in [0.15, 0.2) is 30.3 Å². The predicted molar refractivity (Wildman–Crippen MR) is 78.0 cm³/mol. The Morgan fingerprint density at radius 3 is 2.79 bits per heavy atom. The minimum Gasteiger partial charge on any atom is -0.399 e. The zero-order chi connectivity index (χ0) is 13.4. The van der Waals surface area contributed by atoms with E-state index in [1.807, 2.05) is 44.3 Å². The molecule has 0 unspecified atom stereocenters. The maximum Gasteiger partial charge on any atom is 0.180 e. The lowest BCUT2D eigenvalue weighted by Gasteiger charge is -2.03. The highest BCUT2D eigenvalue weighted by Gasteiger charge is 2.09. The third kappa shape index (κ3) is 1.99. The van der Waals surface area contributed by atoms with E-state index in [1.165, 1.54) is 0 Å². The maximum atomic E-state index is 5.84. The van der Waals surface area contributed by atoms with Gasteiger partial charge in [-0.3, -0.25) is 0 Å². The molecule has 0 aliphatic rings. The monoisotopic (exact) mass is 253 g/mol. The SMILES string of the molecule is CNc1ccc2[nH]c(-c3cc(N)ccc3C)nc2n1. The predicted octanol–water partition coefficient (Wildman–Crippen LogP) is 2.56. The summed E-state index contributed by atoms with van der Waals surface area (Å²) in [5, 5.41) is 3.00. The fraction of sp³-hybridized carbons (Fsp3) is 0.143. The summed E-state index contributed by atoms with van der Waals surface area (Å²) in [5.41, 5.74) is 10.3. The number of H-pyrrole nitrogens is 1. The van der Waals surface area contributed by atoms with Crippen molar-refractivity contribution >= 4 is 22.7 Å². The molecule has 0 atom stereocenters. The van der Waals surface area contributed by atoms with Crippen molar-refractivity contribution in [2.45, 2.75) is 6.92 Å². The van der Waals surface area contributed by atoms with Crippen LogP contribution >= 0.6 is 0 Å². The lowest BCUT2D eigenvalue weighted by Crippen LogP contribution is -1.91. The molecule has 0 aliphatic carbocycles. The Kier molecular flexibility index (Phi) is 2.59. The molecular formula is C14H15N5. The molecule has 2 heterocycles. The van der Waals surface area contributed by atoms with E-state index in [0.717, 1.165) is 34.0 Å². The molecule has 19 heavy (non-hydrogen) atoms. The minimum absolute atomic E-state index is 0.698. The number of hydrogen-bond acceptors (Lipinski definition) is 4. The van der Waals surface area contributed by atoms with Crippen LogP contribution in [-0.2, 0) is 0 Å². The molecule has 0 amide bonds. The van der Waals surface area contributed by atoms with Crippen LogP contribution in [0.2, 0.25) is 0 Å². The number of anilines is 2. The number of aromatic nitrogens is 3. The Balaban J connectivity index is 2.17. The molecule has 3 aromatic rings. The average molecular weight is 253 g/mol. The summed E-state index contributed by atoms with van der Waals surface area (Å²) in [6.07, 6.45) is 0. The number of nitrogens with one attached hydrogen (secondary N) is 2. The Morgan fingerprint density at radius 2 is 2.00 bits per heavy atom. The van der Waals surface area contributed by atoms with Crippen LogP contribution in [0.1, 0.15) is 5.56 Å². The van der Waals surface area contributed by atoms with Gasteiger partial charge in [-0.05, 0) is 36.8 Å². The van der Waals surface area contributed by atoms with Gasteiger partial charge < -0.3 is 16.0 Å². The van der Waals surface area contributed by atoms with E-state index >= 15 is 0 Å². The van der Waals surface area contributed by atoms with E-state index in [0.29, 0.717) is 5.65 Å². The van der Waals surface area contributed by atoms with Gasteiger partial charge >= 0.3 is 0 Å². The van der Waals surface area contributed by atoms with Crippen molar-refractivity contribution in [1.82, 2.24) is 15.0 Å². The molecule has 3 rings (SSSR count). The zero-order valence-corrected chi connectivity index (χ0v) is 10.9. The molecule has 0 aliphatic heterocycles. The van der Waals surface area contributed by atoms with Crippen LogP contribution < -0.4 is 11.1 Å². The highest BCUT2D eigenvalue weighted by Crippen LogP contribution is 2.25. The average Bonchev–Trinajstić information content (AvgIpc) is 2.83. The van der Waals surface area contributed by atoms with Gasteiger partial charge in [-0.15, -0.1) is 0 Å². The number of fused-ring (bicyclic) bond motifs is 1. The van der Waals surface area contributed by atoms with Crippen LogP contribution in [-0.4, -0.2) is 22.0 Å². The van der Waals surface area contributed by atoms with Crippen molar-refractivity contribution in [3.8, 4) is 11.4 Å². The van der Waals surface area contributed by atoms with Crippen LogP contribution in [0, 0.1) is 6.92 Å². The molecule has 0 saturated heterocycles. The van der Waals surface area contributed by atoms with Gasteiger partial charge in [-0.25, -0.2) is 9.97 Å². The molecule has 0 bridgehead atoms. The molecule has 0 radical (unpaired) electrons. The van der Waals surface area contributed by atoms with E-state index in [4.69, 9.17) is 5.73 Å². The first-order valence-electron chi connectivity index (χ1n) is 6.08. The number of aromatic amines is 1. The number of benzene rings is 1. The first-order chi connectivity index (χ1) is 9.17. The molecule has 0 saturated carbocycles. The molecule has 2 aromatic heterocycles. The fourth-order valence-electron chi connectivity index (χ4n) is 2.05.